The lowest BCUT2D eigenvalue weighted by Crippen LogP contribution is -2.34. The Hall–Kier alpha value is -3.09. The lowest BCUT2D eigenvalue weighted by molar-refractivity contribution is -0.148. The Kier molecular flexibility index (Phi) is 4.60. The summed E-state index contributed by atoms with van der Waals surface area (Å²) < 4.78 is 30.1. The zero-order chi connectivity index (χ0) is 20.7. The number of carbonyl (C=O) groups excluding carboxylic acids is 2. The first-order chi connectivity index (χ1) is 14.5. The van der Waals surface area contributed by atoms with Gasteiger partial charge in [-0.3, -0.25) is 9.59 Å². The van der Waals surface area contributed by atoms with Gasteiger partial charge in [-0.1, -0.05) is 12.1 Å². The van der Waals surface area contributed by atoms with Gasteiger partial charge < -0.3 is 19.5 Å². The Morgan fingerprint density at radius 1 is 1.07 bits per heavy atom. The third-order valence-corrected chi connectivity index (χ3v) is 5.92. The van der Waals surface area contributed by atoms with Crippen molar-refractivity contribution in [3.8, 4) is 11.5 Å². The zero-order valence-corrected chi connectivity index (χ0v) is 16.4. The topological polar surface area (TPSA) is 73.9 Å². The van der Waals surface area contributed by atoms with E-state index in [0.717, 1.165) is 31.2 Å². The summed E-state index contributed by atoms with van der Waals surface area (Å²) in [6, 6.07) is 11.4. The molecule has 1 spiro atoms. The number of rotatable bonds is 5. The molecule has 30 heavy (non-hydrogen) atoms. The number of esters is 1. The Morgan fingerprint density at radius 2 is 1.80 bits per heavy atom. The van der Waals surface area contributed by atoms with Crippen molar-refractivity contribution in [3.63, 3.8) is 0 Å². The Morgan fingerprint density at radius 3 is 2.57 bits per heavy atom. The monoisotopic (exact) mass is 411 g/mol. The highest BCUT2D eigenvalue weighted by molar-refractivity contribution is 5.93. The van der Waals surface area contributed by atoms with Crippen molar-refractivity contribution in [2.45, 2.75) is 43.8 Å². The van der Waals surface area contributed by atoms with E-state index in [0.29, 0.717) is 23.6 Å². The molecule has 6 nitrogen and oxygen atoms in total. The lowest BCUT2D eigenvalue weighted by Gasteiger charge is -2.21. The summed E-state index contributed by atoms with van der Waals surface area (Å²) in [5.41, 5.74) is 1.47. The molecule has 156 valence electrons. The van der Waals surface area contributed by atoms with Crippen LogP contribution in [0.5, 0.6) is 11.5 Å². The van der Waals surface area contributed by atoms with Crippen molar-refractivity contribution in [1.29, 1.82) is 0 Å². The fraction of sp³-hybridized carbons (Fsp3) is 0.391. The van der Waals surface area contributed by atoms with E-state index in [1.807, 2.05) is 0 Å². The van der Waals surface area contributed by atoms with Crippen LogP contribution in [0, 0.1) is 11.7 Å². The molecular weight excluding hydrogens is 389 g/mol. The van der Waals surface area contributed by atoms with Crippen LogP contribution in [0.2, 0.25) is 0 Å². The predicted octanol–water partition coefficient (Wildman–Crippen LogP) is 4.15. The number of carbonyl (C=O) groups is 2. The second-order valence-corrected chi connectivity index (χ2v) is 8.14. The van der Waals surface area contributed by atoms with Crippen LogP contribution in [0.15, 0.2) is 42.5 Å². The van der Waals surface area contributed by atoms with E-state index in [4.69, 9.17) is 14.2 Å². The van der Waals surface area contributed by atoms with Crippen LogP contribution < -0.4 is 14.8 Å². The van der Waals surface area contributed by atoms with Crippen LogP contribution in [-0.4, -0.2) is 24.3 Å². The van der Waals surface area contributed by atoms with Crippen molar-refractivity contribution < 1.29 is 28.2 Å². The molecule has 1 heterocycles. The van der Waals surface area contributed by atoms with Gasteiger partial charge in [-0.05, 0) is 55.0 Å². The molecule has 1 N–H and O–H groups in total. The van der Waals surface area contributed by atoms with Gasteiger partial charge in [-0.15, -0.1) is 0 Å². The van der Waals surface area contributed by atoms with Gasteiger partial charge in [-0.25, -0.2) is 4.39 Å². The highest BCUT2D eigenvalue weighted by Crippen LogP contribution is 2.48. The summed E-state index contributed by atoms with van der Waals surface area (Å²) in [5, 5.41) is 2.72. The molecule has 2 saturated carbocycles. The fourth-order valence-corrected chi connectivity index (χ4v) is 4.26. The highest BCUT2D eigenvalue weighted by atomic mass is 19.1. The van der Waals surface area contributed by atoms with Gasteiger partial charge in [-0.2, -0.15) is 0 Å². The summed E-state index contributed by atoms with van der Waals surface area (Å²) >= 11 is 0. The van der Waals surface area contributed by atoms with Crippen molar-refractivity contribution in [1.82, 2.24) is 0 Å². The van der Waals surface area contributed by atoms with Gasteiger partial charge in [0.05, 0.1) is 5.92 Å². The third kappa shape index (κ3) is 3.72. The molecule has 0 aromatic heterocycles. The van der Waals surface area contributed by atoms with E-state index < -0.39 is 17.7 Å². The zero-order valence-electron chi connectivity index (χ0n) is 16.4. The molecular formula is C23H22FNO5. The van der Waals surface area contributed by atoms with Crippen molar-refractivity contribution in [2.75, 3.05) is 11.9 Å². The van der Waals surface area contributed by atoms with Gasteiger partial charge in [0.2, 0.25) is 0 Å². The summed E-state index contributed by atoms with van der Waals surface area (Å²) in [4.78, 5) is 24.4. The number of halogens is 1. The van der Waals surface area contributed by atoms with Crippen LogP contribution in [0.4, 0.5) is 10.1 Å². The van der Waals surface area contributed by atoms with Gasteiger partial charge >= 0.3 is 5.97 Å². The molecule has 1 aliphatic heterocycles. The number of benzene rings is 2. The standard InChI is InChI=1S/C23H22FNO5/c24-15-5-3-14(4-6-15)17-12-18(17)22(27)28-13-21(26)25-16-7-8-19-20(11-16)30-23(29-19)9-1-2-10-23/h3-8,11,17-18H,1-2,9-10,12-13H2,(H,25,26)/t17-,18+/m1/s1. The van der Waals surface area contributed by atoms with Crippen molar-refractivity contribution in [3.05, 3.63) is 53.8 Å². The molecule has 5 rings (SSSR count). The van der Waals surface area contributed by atoms with E-state index in [-0.39, 0.29) is 24.3 Å². The minimum Gasteiger partial charge on any atom is -0.455 e. The first kappa shape index (κ1) is 18.9. The predicted molar refractivity (Wildman–Crippen MR) is 106 cm³/mol. The second kappa shape index (κ2) is 7.31. The Bertz CT molecular complexity index is 984. The molecule has 2 aromatic rings. The highest BCUT2D eigenvalue weighted by Gasteiger charge is 2.45. The van der Waals surface area contributed by atoms with Crippen molar-refractivity contribution >= 4 is 17.6 Å². The average molecular weight is 411 g/mol. The van der Waals surface area contributed by atoms with E-state index in [1.165, 1.54) is 12.1 Å². The number of nitrogens with one attached hydrogen (secondary N) is 1. The molecule has 2 atom stereocenters. The fourth-order valence-electron chi connectivity index (χ4n) is 4.26. The summed E-state index contributed by atoms with van der Waals surface area (Å²) in [7, 11) is 0. The third-order valence-electron chi connectivity index (χ3n) is 5.92. The normalized spacial score (nSPS) is 22.7. The molecule has 0 unspecified atom stereocenters. The Balaban J connectivity index is 1.11. The molecule has 2 fully saturated rings. The van der Waals surface area contributed by atoms with Crippen molar-refractivity contribution in [2.24, 2.45) is 5.92 Å². The number of ether oxygens (including phenoxy) is 3. The second-order valence-electron chi connectivity index (χ2n) is 8.14. The number of amides is 1. The Labute approximate surface area is 173 Å². The van der Waals surface area contributed by atoms with Crippen LogP contribution in [0.1, 0.15) is 43.6 Å². The minimum atomic E-state index is -0.550. The molecule has 7 heteroatoms. The van der Waals surface area contributed by atoms with Gasteiger partial charge in [0, 0.05) is 24.6 Å². The molecule has 2 aliphatic carbocycles. The molecule has 0 saturated heterocycles. The van der Waals surface area contributed by atoms with E-state index in [2.05, 4.69) is 5.32 Å². The van der Waals surface area contributed by atoms with E-state index in [1.54, 1.807) is 30.3 Å². The first-order valence-electron chi connectivity index (χ1n) is 10.3. The number of fused-ring (bicyclic) bond motifs is 1. The average Bonchev–Trinajstić information content (AvgIpc) is 3.28. The smallest absolute Gasteiger partial charge is 0.310 e. The largest absolute Gasteiger partial charge is 0.455 e. The number of hydrogen-bond donors (Lipinski definition) is 1. The van der Waals surface area contributed by atoms with E-state index >= 15 is 0 Å². The minimum absolute atomic E-state index is 0.0259. The lowest BCUT2D eigenvalue weighted by atomic mass is 10.1. The van der Waals surface area contributed by atoms with Crippen LogP contribution in [0.3, 0.4) is 0 Å². The molecule has 0 radical (unpaired) electrons. The van der Waals surface area contributed by atoms with Crippen LogP contribution in [0.25, 0.3) is 0 Å². The summed E-state index contributed by atoms with van der Waals surface area (Å²) in [5.74, 6) is -0.642. The molecule has 2 aromatic carbocycles. The number of hydrogen-bond acceptors (Lipinski definition) is 5. The van der Waals surface area contributed by atoms with Gasteiger partial charge in [0.1, 0.15) is 5.82 Å². The molecule has 0 bridgehead atoms. The first-order valence-corrected chi connectivity index (χ1v) is 10.3. The quantitative estimate of drug-likeness (QED) is 0.748. The van der Waals surface area contributed by atoms with Gasteiger partial charge in [0.15, 0.2) is 18.1 Å². The SMILES string of the molecule is O=C(COC(=O)[C@H]1C[C@@H]1c1ccc(F)cc1)Nc1ccc2c(c1)OC1(CCCC1)O2. The molecule has 3 aliphatic rings. The summed E-state index contributed by atoms with van der Waals surface area (Å²) in [6.07, 6.45) is 4.52. The van der Waals surface area contributed by atoms with Crippen LogP contribution >= 0.6 is 0 Å². The number of anilines is 1. The van der Waals surface area contributed by atoms with E-state index in [9.17, 15) is 14.0 Å². The summed E-state index contributed by atoms with van der Waals surface area (Å²) in [6.45, 7) is -0.357. The molecule has 1 amide bonds. The van der Waals surface area contributed by atoms with Gasteiger partial charge in [0.25, 0.3) is 11.7 Å². The maximum Gasteiger partial charge on any atom is 0.310 e. The maximum atomic E-state index is 13.0. The maximum absolute atomic E-state index is 13.0. The van der Waals surface area contributed by atoms with Crippen LogP contribution in [-0.2, 0) is 14.3 Å².